The number of nitrogens with zero attached hydrogens (tertiary/aromatic N) is 1. The largest absolute Gasteiger partial charge is 0.494 e. The molecule has 0 radical (unpaired) electrons. The van der Waals surface area contributed by atoms with E-state index in [1.54, 1.807) is 18.2 Å². The normalized spacial score (nSPS) is 28.0. The second-order valence-electron chi connectivity index (χ2n) is 11.2. The summed E-state index contributed by atoms with van der Waals surface area (Å²) in [6.07, 6.45) is 2.37. The number of halogens is 1. The van der Waals surface area contributed by atoms with E-state index in [2.05, 4.69) is 15.5 Å². The predicted molar refractivity (Wildman–Crippen MR) is 153 cm³/mol. The summed E-state index contributed by atoms with van der Waals surface area (Å²) in [5.74, 6) is -0.956. The van der Waals surface area contributed by atoms with Gasteiger partial charge in [-0.15, -0.1) is 0 Å². The van der Waals surface area contributed by atoms with Crippen LogP contribution >= 0.6 is 11.6 Å². The van der Waals surface area contributed by atoms with Crippen LogP contribution in [0.15, 0.2) is 60.7 Å². The maximum atomic E-state index is 14.8. The van der Waals surface area contributed by atoms with E-state index in [0.29, 0.717) is 58.4 Å². The lowest BCUT2D eigenvalue weighted by atomic mass is 9.57. The Morgan fingerprint density at radius 2 is 1.88 bits per heavy atom. The molecule has 2 spiro atoms. The maximum absolute atomic E-state index is 14.8. The van der Waals surface area contributed by atoms with Crippen LogP contribution in [0.4, 0.5) is 11.4 Å². The first-order valence-electron chi connectivity index (χ1n) is 13.9. The molecule has 204 valence electrons. The van der Waals surface area contributed by atoms with Crippen LogP contribution in [0.5, 0.6) is 5.75 Å². The van der Waals surface area contributed by atoms with Crippen molar-refractivity contribution in [3.63, 3.8) is 0 Å². The fraction of sp³-hybridized carbons (Fsp3) is 0.344. The van der Waals surface area contributed by atoms with Gasteiger partial charge >= 0.3 is 0 Å². The van der Waals surface area contributed by atoms with Crippen LogP contribution < -0.4 is 15.4 Å². The first kappa shape index (κ1) is 25.3. The van der Waals surface area contributed by atoms with E-state index in [9.17, 15) is 14.4 Å². The number of carbonyl (C=O) groups excluding carboxylic acids is 3. The molecule has 4 heterocycles. The molecule has 7 rings (SSSR count). The highest BCUT2D eigenvalue weighted by atomic mass is 35.5. The minimum absolute atomic E-state index is 0.158. The first-order valence-corrected chi connectivity index (χ1v) is 14.3. The molecule has 4 atom stereocenters. The molecule has 7 nitrogen and oxygen atoms in total. The van der Waals surface area contributed by atoms with Gasteiger partial charge in [0, 0.05) is 27.9 Å². The highest BCUT2D eigenvalue weighted by molar-refractivity contribution is 6.32. The Hall–Kier alpha value is -3.68. The number of ether oxygens (including phenoxy) is 1. The van der Waals surface area contributed by atoms with Crippen LogP contribution in [0.3, 0.4) is 0 Å². The van der Waals surface area contributed by atoms with Crippen LogP contribution in [0.1, 0.15) is 53.2 Å². The van der Waals surface area contributed by atoms with Crippen molar-refractivity contribution in [1.82, 2.24) is 4.90 Å². The molecule has 0 bridgehead atoms. The molecule has 0 saturated carbocycles. The van der Waals surface area contributed by atoms with E-state index in [0.717, 1.165) is 18.4 Å². The Bertz CT molecular complexity index is 1600. The van der Waals surface area contributed by atoms with E-state index in [1.165, 1.54) is 0 Å². The molecule has 2 fully saturated rings. The van der Waals surface area contributed by atoms with E-state index in [4.69, 9.17) is 16.3 Å². The fourth-order valence-corrected chi connectivity index (χ4v) is 8.06. The molecule has 8 heteroatoms. The zero-order chi connectivity index (χ0) is 27.8. The molecule has 3 aromatic rings. The van der Waals surface area contributed by atoms with Crippen molar-refractivity contribution in [2.24, 2.45) is 5.92 Å². The SMILES string of the molecule is CCCOc1cccc(C(=O)[C@@H]2[C@@H]3CCCN3[C@]3(C(=O)Nc4c3ccc(Cl)c4C)[C@@]23C(=O)Nc2ccccc23)c1. The monoisotopic (exact) mass is 555 g/mol. The quantitative estimate of drug-likeness (QED) is 0.409. The number of carbonyl (C=O) groups is 3. The number of hydrogen-bond acceptors (Lipinski definition) is 5. The Kier molecular flexibility index (Phi) is 5.64. The van der Waals surface area contributed by atoms with Gasteiger partial charge in [0.2, 0.25) is 5.91 Å². The summed E-state index contributed by atoms with van der Waals surface area (Å²) in [4.78, 5) is 46.1. The number of anilines is 2. The third-order valence-corrected chi connectivity index (χ3v) is 9.75. The van der Waals surface area contributed by atoms with Gasteiger partial charge in [0.25, 0.3) is 5.91 Å². The van der Waals surface area contributed by atoms with Gasteiger partial charge in [0.1, 0.15) is 16.7 Å². The number of hydrogen-bond donors (Lipinski definition) is 2. The smallest absolute Gasteiger partial charge is 0.251 e. The van der Waals surface area contributed by atoms with E-state index >= 15 is 0 Å². The summed E-state index contributed by atoms with van der Waals surface area (Å²) in [5.41, 5.74) is 0.978. The van der Waals surface area contributed by atoms with Crippen LogP contribution in [-0.4, -0.2) is 41.7 Å². The molecule has 40 heavy (non-hydrogen) atoms. The van der Waals surface area contributed by atoms with Gasteiger partial charge in [-0.3, -0.25) is 19.3 Å². The first-order chi connectivity index (χ1) is 19.4. The molecule has 4 aliphatic heterocycles. The fourth-order valence-electron chi connectivity index (χ4n) is 7.90. The van der Waals surface area contributed by atoms with Crippen molar-refractivity contribution in [1.29, 1.82) is 0 Å². The average Bonchev–Trinajstić information content (AvgIpc) is 3.68. The Morgan fingerprint density at radius 3 is 2.70 bits per heavy atom. The van der Waals surface area contributed by atoms with Gasteiger partial charge in [-0.2, -0.15) is 0 Å². The average molecular weight is 556 g/mol. The number of ketones is 1. The predicted octanol–water partition coefficient (Wildman–Crippen LogP) is 5.45. The zero-order valence-corrected chi connectivity index (χ0v) is 23.2. The van der Waals surface area contributed by atoms with Gasteiger partial charge in [0.15, 0.2) is 5.78 Å². The molecule has 2 N–H and O–H groups in total. The van der Waals surface area contributed by atoms with Crippen molar-refractivity contribution in [3.8, 4) is 5.75 Å². The molecule has 0 aliphatic carbocycles. The third kappa shape index (κ3) is 2.97. The summed E-state index contributed by atoms with van der Waals surface area (Å²) in [6, 6.07) is 18.0. The minimum atomic E-state index is -1.48. The van der Waals surface area contributed by atoms with Crippen LogP contribution in [0.25, 0.3) is 0 Å². The van der Waals surface area contributed by atoms with Crippen molar-refractivity contribution < 1.29 is 19.1 Å². The molecular formula is C32H30ClN3O4. The summed E-state index contributed by atoms with van der Waals surface area (Å²) >= 11 is 6.51. The Labute approximate surface area is 237 Å². The molecule has 0 unspecified atom stereocenters. The number of fused-ring (bicyclic) bond motifs is 7. The van der Waals surface area contributed by atoms with E-state index < -0.39 is 16.9 Å². The number of benzene rings is 3. The lowest BCUT2D eigenvalue weighted by molar-refractivity contribution is -0.137. The van der Waals surface area contributed by atoms with Crippen LogP contribution in [-0.2, 0) is 20.5 Å². The topological polar surface area (TPSA) is 87.7 Å². The molecule has 2 saturated heterocycles. The van der Waals surface area contributed by atoms with Gasteiger partial charge in [0.05, 0.1) is 18.2 Å². The van der Waals surface area contributed by atoms with Crippen molar-refractivity contribution >= 4 is 40.6 Å². The van der Waals surface area contributed by atoms with Crippen molar-refractivity contribution in [3.05, 3.63) is 87.9 Å². The molecule has 0 aromatic heterocycles. The number of para-hydroxylation sites is 1. The molecule has 3 aromatic carbocycles. The highest BCUT2D eigenvalue weighted by Crippen LogP contribution is 2.68. The van der Waals surface area contributed by atoms with Crippen molar-refractivity contribution in [2.45, 2.75) is 50.1 Å². The zero-order valence-electron chi connectivity index (χ0n) is 22.4. The number of rotatable bonds is 5. The standard InChI is InChI=1S/C32H30ClN3O4/c1-3-16-40-20-9-6-8-19(17-20)28(37)26-25-12-7-15-36(25)32(22-13-14-23(33)18(2)27(22)35-30(32)39)31(26)21-10-4-5-11-24(21)34-29(31)38/h4-6,8-11,13-14,17,25-26H,3,7,12,15-16H2,1-2H3,(H,34,38)(H,35,39)/t25-,26-,31+,32+/m0/s1. The highest BCUT2D eigenvalue weighted by Gasteiger charge is 2.81. The van der Waals surface area contributed by atoms with Gasteiger partial charge in [-0.25, -0.2) is 0 Å². The number of Topliss-reactive ketones (excluding diaryl/α,β-unsaturated/α-hetero) is 1. The molecule has 2 amide bonds. The lowest BCUT2D eigenvalue weighted by Gasteiger charge is -2.43. The third-order valence-electron chi connectivity index (χ3n) is 9.34. The van der Waals surface area contributed by atoms with E-state index in [-0.39, 0.29) is 23.6 Å². The minimum Gasteiger partial charge on any atom is -0.494 e. The summed E-state index contributed by atoms with van der Waals surface area (Å²) in [7, 11) is 0. The van der Waals surface area contributed by atoms with Crippen LogP contribution in [0.2, 0.25) is 5.02 Å². The second-order valence-corrected chi connectivity index (χ2v) is 11.6. The van der Waals surface area contributed by atoms with Gasteiger partial charge in [-0.05, 0) is 68.1 Å². The summed E-state index contributed by atoms with van der Waals surface area (Å²) in [5, 5.41) is 6.72. The number of nitrogens with one attached hydrogen (secondary N) is 2. The molecular weight excluding hydrogens is 526 g/mol. The molecule has 4 aliphatic rings. The van der Waals surface area contributed by atoms with E-state index in [1.807, 2.05) is 56.3 Å². The lowest BCUT2D eigenvalue weighted by Crippen LogP contribution is -2.62. The Morgan fingerprint density at radius 1 is 1.05 bits per heavy atom. The Balaban J connectivity index is 1.52. The summed E-state index contributed by atoms with van der Waals surface area (Å²) < 4.78 is 5.85. The second kappa shape index (κ2) is 8.91. The summed E-state index contributed by atoms with van der Waals surface area (Å²) in [6.45, 7) is 5.04. The maximum Gasteiger partial charge on any atom is 0.251 e. The van der Waals surface area contributed by atoms with Gasteiger partial charge < -0.3 is 15.4 Å². The van der Waals surface area contributed by atoms with Gasteiger partial charge in [-0.1, -0.05) is 54.9 Å². The number of amides is 2. The van der Waals surface area contributed by atoms with Crippen molar-refractivity contribution in [2.75, 3.05) is 23.8 Å². The van der Waals surface area contributed by atoms with Crippen LogP contribution in [0, 0.1) is 12.8 Å².